The molecule has 1 N–H and O–H groups in total. The van der Waals surface area contributed by atoms with Gasteiger partial charge in [0.1, 0.15) is 5.69 Å². The van der Waals surface area contributed by atoms with Crippen molar-refractivity contribution in [2.75, 3.05) is 38.1 Å². The zero-order chi connectivity index (χ0) is 20.2. The summed E-state index contributed by atoms with van der Waals surface area (Å²) in [6, 6.07) is 5.00. The molecule has 156 valence electrons. The number of nitro groups is 1. The Labute approximate surface area is 171 Å². The van der Waals surface area contributed by atoms with Crippen LogP contribution >= 0.6 is 0 Å². The Bertz CT molecular complexity index is 796. The van der Waals surface area contributed by atoms with Crippen LogP contribution in [-0.4, -0.2) is 54.5 Å². The summed E-state index contributed by atoms with van der Waals surface area (Å²) >= 11 is 0. The fourth-order valence-corrected chi connectivity index (χ4v) is 6.70. The Kier molecular flexibility index (Phi) is 4.53. The molecule has 7 nitrogen and oxygen atoms in total. The second kappa shape index (κ2) is 6.97. The van der Waals surface area contributed by atoms with Crippen molar-refractivity contribution < 1.29 is 9.72 Å². The van der Waals surface area contributed by atoms with Crippen molar-refractivity contribution in [1.82, 2.24) is 10.2 Å². The molecule has 0 aromatic heterocycles. The number of nitrogens with one attached hydrogen (secondary N) is 1. The summed E-state index contributed by atoms with van der Waals surface area (Å²) in [4.78, 5) is 28.8. The lowest BCUT2D eigenvalue weighted by atomic mass is 9.53. The third-order valence-electron chi connectivity index (χ3n) is 7.70. The van der Waals surface area contributed by atoms with Gasteiger partial charge in [-0.25, -0.2) is 0 Å². The highest BCUT2D eigenvalue weighted by molar-refractivity contribution is 5.96. The first-order valence-electron chi connectivity index (χ1n) is 11.0. The summed E-state index contributed by atoms with van der Waals surface area (Å²) in [5.74, 6) is 2.08. The summed E-state index contributed by atoms with van der Waals surface area (Å²) in [5.41, 5.74) is 0.976. The molecule has 6 rings (SSSR count). The normalized spacial score (nSPS) is 33.7. The van der Waals surface area contributed by atoms with Crippen molar-refractivity contribution >= 4 is 17.3 Å². The van der Waals surface area contributed by atoms with Crippen molar-refractivity contribution in [2.45, 2.75) is 44.1 Å². The predicted molar refractivity (Wildman–Crippen MR) is 111 cm³/mol. The fourth-order valence-electron chi connectivity index (χ4n) is 6.70. The number of nitro benzene ring substituents is 1. The van der Waals surface area contributed by atoms with Crippen LogP contribution < -0.4 is 10.2 Å². The summed E-state index contributed by atoms with van der Waals surface area (Å²) in [7, 11) is 2.06. The standard InChI is InChI=1S/C22H30N4O3/c1-24-4-6-25(7-5-24)19-3-2-18(11-20(19)26(28)29)21(27)23-22-12-15-8-16(13-22)10-17(9-15)14-22/h2-3,11,15-17H,4-10,12-14H2,1H3,(H,23,27). The van der Waals surface area contributed by atoms with Crippen molar-refractivity contribution in [2.24, 2.45) is 17.8 Å². The number of rotatable bonds is 4. The second-order valence-corrected chi connectivity index (χ2v) is 9.90. The molecule has 1 aliphatic heterocycles. The minimum Gasteiger partial charge on any atom is -0.363 e. The summed E-state index contributed by atoms with van der Waals surface area (Å²) in [6.07, 6.45) is 7.19. The maximum Gasteiger partial charge on any atom is 0.293 e. The molecule has 0 atom stereocenters. The zero-order valence-corrected chi connectivity index (χ0v) is 17.1. The molecule has 4 bridgehead atoms. The lowest BCUT2D eigenvalue weighted by molar-refractivity contribution is -0.384. The summed E-state index contributed by atoms with van der Waals surface area (Å²) < 4.78 is 0. The number of piperazine rings is 1. The number of hydrogen-bond donors (Lipinski definition) is 1. The first-order chi connectivity index (χ1) is 13.9. The Morgan fingerprint density at radius 2 is 1.66 bits per heavy atom. The van der Waals surface area contributed by atoms with E-state index in [0.29, 0.717) is 11.3 Å². The van der Waals surface area contributed by atoms with Gasteiger partial charge >= 0.3 is 0 Å². The van der Waals surface area contributed by atoms with Crippen LogP contribution in [0, 0.1) is 27.9 Å². The number of hydrogen-bond acceptors (Lipinski definition) is 5. The van der Waals surface area contributed by atoms with Gasteiger partial charge in [-0.1, -0.05) is 0 Å². The highest BCUT2D eigenvalue weighted by Gasteiger charge is 2.51. The molecular formula is C22H30N4O3. The Morgan fingerprint density at radius 3 is 2.21 bits per heavy atom. The number of anilines is 1. The summed E-state index contributed by atoms with van der Waals surface area (Å²) in [6.45, 7) is 3.28. The molecule has 1 heterocycles. The van der Waals surface area contributed by atoms with Crippen LogP contribution in [0.3, 0.4) is 0 Å². The maximum atomic E-state index is 13.1. The van der Waals surface area contributed by atoms with Gasteiger partial charge in [-0.2, -0.15) is 0 Å². The fraction of sp³-hybridized carbons (Fsp3) is 0.682. The molecule has 0 radical (unpaired) electrons. The van der Waals surface area contributed by atoms with Crippen LogP contribution in [0.2, 0.25) is 0 Å². The van der Waals surface area contributed by atoms with Gasteiger partial charge in [0.05, 0.1) is 4.92 Å². The van der Waals surface area contributed by atoms with Crippen molar-refractivity contribution in [1.29, 1.82) is 0 Å². The van der Waals surface area contributed by atoms with Gasteiger partial charge in [0, 0.05) is 43.3 Å². The van der Waals surface area contributed by atoms with Crippen LogP contribution in [0.1, 0.15) is 48.9 Å². The molecule has 5 fully saturated rings. The number of amides is 1. The minimum absolute atomic E-state index is 0.0349. The number of carbonyl (C=O) groups is 1. The third kappa shape index (κ3) is 3.50. The molecule has 0 unspecified atom stereocenters. The minimum atomic E-state index is -0.352. The van der Waals surface area contributed by atoms with Gasteiger partial charge in [0.15, 0.2) is 0 Å². The van der Waals surface area contributed by atoms with Crippen molar-refractivity contribution in [3.63, 3.8) is 0 Å². The number of carbonyl (C=O) groups excluding carboxylic acids is 1. The quantitative estimate of drug-likeness (QED) is 0.623. The van der Waals surface area contributed by atoms with Gasteiger partial charge < -0.3 is 15.1 Å². The molecule has 1 aromatic rings. The maximum absolute atomic E-state index is 13.1. The molecule has 7 heteroatoms. The van der Waals surface area contributed by atoms with Gasteiger partial charge in [-0.15, -0.1) is 0 Å². The SMILES string of the molecule is CN1CCN(c2ccc(C(=O)NC34CC5CC(CC(C5)C3)C4)cc2[N+](=O)[O-])CC1. The van der Waals surface area contributed by atoms with Gasteiger partial charge in [-0.3, -0.25) is 14.9 Å². The van der Waals surface area contributed by atoms with E-state index in [9.17, 15) is 14.9 Å². The Morgan fingerprint density at radius 1 is 1.07 bits per heavy atom. The number of likely N-dealkylation sites (N-methyl/N-ethyl adjacent to an activating group) is 1. The van der Waals surface area contributed by atoms with E-state index in [-0.39, 0.29) is 22.1 Å². The van der Waals surface area contributed by atoms with E-state index in [1.807, 2.05) is 0 Å². The van der Waals surface area contributed by atoms with Crippen LogP contribution in [0.15, 0.2) is 18.2 Å². The smallest absolute Gasteiger partial charge is 0.293 e. The Balaban J connectivity index is 1.36. The van der Waals surface area contributed by atoms with Crippen LogP contribution in [0.5, 0.6) is 0 Å². The molecular weight excluding hydrogens is 368 g/mol. The lowest BCUT2D eigenvalue weighted by Gasteiger charge is -2.56. The topological polar surface area (TPSA) is 78.7 Å². The molecule has 5 aliphatic rings. The largest absolute Gasteiger partial charge is 0.363 e. The van der Waals surface area contributed by atoms with E-state index in [1.54, 1.807) is 12.1 Å². The van der Waals surface area contributed by atoms with Crippen LogP contribution in [0.4, 0.5) is 11.4 Å². The van der Waals surface area contributed by atoms with Gasteiger partial charge in [-0.05, 0) is 75.5 Å². The van der Waals surface area contributed by atoms with E-state index >= 15 is 0 Å². The monoisotopic (exact) mass is 398 g/mol. The van der Waals surface area contributed by atoms with E-state index < -0.39 is 0 Å². The van der Waals surface area contributed by atoms with E-state index in [0.717, 1.165) is 63.2 Å². The third-order valence-corrected chi connectivity index (χ3v) is 7.70. The second-order valence-electron chi connectivity index (χ2n) is 9.90. The zero-order valence-electron chi connectivity index (χ0n) is 17.1. The number of nitrogens with zero attached hydrogens (tertiary/aromatic N) is 3. The van der Waals surface area contributed by atoms with E-state index in [1.165, 1.54) is 25.3 Å². The molecule has 1 amide bonds. The van der Waals surface area contributed by atoms with Gasteiger partial charge in [0.2, 0.25) is 0 Å². The first-order valence-corrected chi connectivity index (χ1v) is 11.0. The van der Waals surface area contributed by atoms with Crippen molar-refractivity contribution in [3.8, 4) is 0 Å². The molecule has 4 aliphatic carbocycles. The highest BCUT2D eigenvalue weighted by atomic mass is 16.6. The molecule has 1 aromatic carbocycles. The first kappa shape index (κ1) is 18.9. The van der Waals surface area contributed by atoms with Crippen LogP contribution in [-0.2, 0) is 0 Å². The van der Waals surface area contributed by atoms with E-state index in [2.05, 4.69) is 22.2 Å². The molecule has 1 saturated heterocycles. The van der Waals surface area contributed by atoms with Crippen LogP contribution in [0.25, 0.3) is 0 Å². The van der Waals surface area contributed by atoms with E-state index in [4.69, 9.17) is 0 Å². The van der Waals surface area contributed by atoms with Gasteiger partial charge in [0.25, 0.3) is 11.6 Å². The molecule has 4 saturated carbocycles. The average Bonchev–Trinajstić information content (AvgIpc) is 2.66. The molecule has 0 spiro atoms. The lowest BCUT2D eigenvalue weighted by Crippen LogP contribution is -2.59. The average molecular weight is 399 g/mol. The predicted octanol–water partition coefficient (Wildman–Crippen LogP) is 3.05. The molecule has 29 heavy (non-hydrogen) atoms. The van der Waals surface area contributed by atoms with Crippen molar-refractivity contribution in [3.05, 3.63) is 33.9 Å². The summed E-state index contributed by atoms with van der Waals surface area (Å²) in [5, 5.41) is 15.1. The number of benzene rings is 1. The Hall–Kier alpha value is -2.15. The highest BCUT2D eigenvalue weighted by Crippen LogP contribution is 2.55.